The number of carbonyl (C=O) groups is 2. The van der Waals surface area contributed by atoms with Crippen LogP contribution in [-0.4, -0.2) is 33.0 Å². The highest BCUT2D eigenvalue weighted by atomic mass is 32.2. The van der Waals surface area contributed by atoms with Gasteiger partial charge in [0, 0.05) is 30.2 Å². The molecule has 0 atom stereocenters. The Balaban J connectivity index is 1.98. The predicted octanol–water partition coefficient (Wildman–Crippen LogP) is 2.41. The first-order valence-corrected chi connectivity index (χ1v) is 9.77. The molecule has 0 fully saturated rings. The number of rotatable bonds is 6. The van der Waals surface area contributed by atoms with E-state index in [9.17, 15) is 18.0 Å². The van der Waals surface area contributed by atoms with Crippen molar-refractivity contribution in [3.05, 3.63) is 48.0 Å². The lowest BCUT2D eigenvalue weighted by atomic mass is 10.2. The normalized spacial score (nSPS) is 10.9. The zero-order chi connectivity index (χ0) is 19.3. The van der Waals surface area contributed by atoms with Crippen LogP contribution >= 0.6 is 0 Å². The molecular formula is C18H21N3O4S. The van der Waals surface area contributed by atoms with E-state index in [-0.39, 0.29) is 23.3 Å². The van der Waals surface area contributed by atoms with Gasteiger partial charge in [0.2, 0.25) is 11.8 Å². The first-order chi connectivity index (χ1) is 12.2. The van der Waals surface area contributed by atoms with E-state index in [2.05, 4.69) is 16.0 Å². The first kappa shape index (κ1) is 19.5. The molecule has 0 spiro atoms. The van der Waals surface area contributed by atoms with Crippen molar-refractivity contribution in [1.82, 2.24) is 0 Å². The summed E-state index contributed by atoms with van der Waals surface area (Å²) in [5.74, 6) is -0.445. The van der Waals surface area contributed by atoms with Crippen molar-refractivity contribution in [2.45, 2.75) is 18.7 Å². The minimum absolute atomic E-state index is 0.0124. The second-order valence-corrected chi connectivity index (χ2v) is 7.85. The minimum Gasteiger partial charge on any atom is -0.376 e. The van der Waals surface area contributed by atoms with Gasteiger partial charge in [-0.25, -0.2) is 8.42 Å². The smallest absolute Gasteiger partial charge is 0.243 e. The van der Waals surface area contributed by atoms with Gasteiger partial charge in [-0.15, -0.1) is 0 Å². The third-order valence-electron chi connectivity index (χ3n) is 3.61. The summed E-state index contributed by atoms with van der Waals surface area (Å²) in [6, 6.07) is 11.6. The number of nitrogens with one attached hydrogen (secondary N) is 3. The number of benzene rings is 2. The van der Waals surface area contributed by atoms with Crippen molar-refractivity contribution in [2.24, 2.45) is 0 Å². The van der Waals surface area contributed by atoms with E-state index in [0.717, 1.165) is 6.26 Å². The first-order valence-electron chi connectivity index (χ1n) is 7.88. The maximum Gasteiger partial charge on any atom is 0.243 e. The van der Waals surface area contributed by atoms with Gasteiger partial charge in [-0.1, -0.05) is 6.07 Å². The van der Waals surface area contributed by atoms with Gasteiger partial charge in [0.15, 0.2) is 9.84 Å². The summed E-state index contributed by atoms with van der Waals surface area (Å²) in [5, 5.41) is 8.32. The molecule has 8 heteroatoms. The monoisotopic (exact) mass is 375 g/mol. The largest absolute Gasteiger partial charge is 0.376 e. The standard InChI is InChI=1S/C18H21N3O4S/c1-12-16(5-4-6-17(12)26(3,24)25)19-11-18(23)21-15-9-7-14(8-10-15)20-13(2)22/h4-10,19H,11H2,1-3H3,(H,20,22)(H,21,23). The van der Waals surface area contributed by atoms with E-state index in [4.69, 9.17) is 0 Å². The highest BCUT2D eigenvalue weighted by Gasteiger charge is 2.13. The molecule has 0 saturated heterocycles. The number of hydrogen-bond acceptors (Lipinski definition) is 5. The van der Waals surface area contributed by atoms with E-state index in [1.54, 1.807) is 43.3 Å². The van der Waals surface area contributed by atoms with Crippen LogP contribution in [0.15, 0.2) is 47.4 Å². The minimum atomic E-state index is -3.33. The molecule has 2 amide bonds. The van der Waals surface area contributed by atoms with Gasteiger partial charge in [-0.3, -0.25) is 9.59 Å². The summed E-state index contributed by atoms with van der Waals surface area (Å²) in [7, 11) is -3.33. The molecule has 2 aromatic rings. The Hall–Kier alpha value is -2.87. The summed E-state index contributed by atoms with van der Waals surface area (Å²) >= 11 is 0. The van der Waals surface area contributed by atoms with Crippen molar-refractivity contribution >= 4 is 38.7 Å². The number of anilines is 3. The molecule has 0 bridgehead atoms. The third-order valence-corrected chi connectivity index (χ3v) is 4.85. The van der Waals surface area contributed by atoms with Crippen molar-refractivity contribution < 1.29 is 18.0 Å². The number of hydrogen-bond donors (Lipinski definition) is 3. The Morgan fingerprint density at radius 1 is 0.962 bits per heavy atom. The summed E-state index contributed by atoms with van der Waals surface area (Å²) in [6.07, 6.45) is 1.15. The van der Waals surface area contributed by atoms with Gasteiger partial charge < -0.3 is 16.0 Å². The van der Waals surface area contributed by atoms with Crippen LogP contribution in [0.2, 0.25) is 0 Å². The third kappa shape index (κ3) is 5.32. The molecule has 26 heavy (non-hydrogen) atoms. The van der Waals surface area contributed by atoms with E-state index in [1.165, 1.54) is 13.0 Å². The molecule has 0 aliphatic heterocycles. The molecule has 0 aliphatic rings. The second-order valence-electron chi connectivity index (χ2n) is 5.86. The van der Waals surface area contributed by atoms with Crippen molar-refractivity contribution in [3.8, 4) is 0 Å². The molecular weight excluding hydrogens is 354 g/mol. The molecule has 0 saturated carbocycles. The zero-order valence-electron chi connectivity index (χ0n) is 14.8. The van der Waals surface area contributed by atoms with Crippen LogP contribution in [0.4, 0.5) is 17.1 Å². The average molecular weight is 375 g/mol. The summed E-state index contributed by atoms with van der Waals surface area (Å²) in [4.78, 5) is 23.3. The summed E-state index contributed by atoms with van der Waals surface area (Å²) in [5.41, 5.74) is 2.39. The number of sulfone groups is 1. The molecule has 0 aliphatic carbocycles. The van der Waals surface area contributed by atoms with Gasteiger partial charge >= 0.3 is 0 Å². The molecule has 0 radical (unpaired) electrons. The van der Waals surface area contributed by atoms with Crippen LogP contribution in [0.3, 0.4) is 0 Å². The van der Waals surface area contributed by atoms with Gasteiger partial charge in [-0.2, -0.15) is 0 Å². The molecule has 3 N–H and O–H groups in total. The highest BCUT2D eigenvalue weighted by Crippen LogP contribution is 2.22. The molecule has 2 aromatic carbocycles. The van der Waals surface area contributed by atoms with Crippen molar-refractivity contribution in [2.75, 3.05) is 28.8 Å². The quantitative estimate of drug-likeness (QED) is 0.719. The van der Waals surface area contributed by atoms with Crippen LogP contribution in [-0.2, 0) is 19.4 Å². The second kappa shape index (κ2) is 8.01. The Morgan fingerprint density at radius 3 is 2.08 bits per heavy atom. The van der Waals surface area contributed by atoms with Crippen molar-refractivity contribution in [1.29, 1.82) is 0 Å². The van der Waals surface area contributed by atoms with Crippen LogP contribution in [0.1, 0.15) is 12.5 Å². The average Bonchev–Trinajstić information content (AvgIpc) is 2.54. The highest BCUT2D eigenvalue weighted by molar-refractivity contribution is 7.90. The van der Waals surface area contributed by atoms with Crippen molar-refractivity contribution in [3.63, 3.8) is 0 Å². The van der Waals surface area contributed by atoms with Crippen LogP contribution in [0.5, 0.6) is 0 Å². The Morgan fingerprint density at radius 2 is 1.54 bits per heavy atom. The fraction of sp³-hybridized carbons (Fsp3) is 0.222. The summed E-state index contributed by atoms with van der Waals surface area (Å²) < 4.78 is 23.5. The van der Waals surface area contributed by atoms with Gasteiger partial charge in [0.05, 0.1) is 11.4 Å². The number of carbonyl (C=O) groups excluding carboxylic acids is 2. The summed E-state index contributed by atoms with van der Waals surface area (Å²) in [6.45, 7) is 3.10. The van der Waals surface area contributed by atoms with Crippen LogP contribution in [0.25, 0.3) is 0 Å². The molecule has 0 heterocycles. The van der Waals surface area contributed by atoms with Crippen LogP contribution in [0, 0.1) is 6.92 Å². The molecule has 2 rings (SSSR count). The topological polar surface area (TPSA) is 104 Å². The number of amides is 2. The molecule has 138 valence electrons. The maximum absolute atomic E-state index is 12.1. The maximum atomic E-state index is 12.1. The lowest BCUT2D eigenvalue weighted by molar-refractivity contribution is -0.115. The van der Waals surface area contributed by atoms with E-state index < -0.39 is 9.84 Å². The van der Waals surface area contributed by atoms with E-state index in [1.807, 2.05) is 0 Å². The van der Waals surface area contributed by atoms with Gasteiger partial charge in [0.25, 0.3) is 0 Å². The zero-order valence-corrected chi connectivity index (χ0v) is 15.6. The Labute approximate surface area is 152 Å². The molecule has 0 unspecified atom stereocenters. The fourth-order valence-electron chi connectivity index (χ4n) is 2.43. The van der Waals surface area contributed by atoms with Gasteiger partial charge in [-0.05, 0) is 48.9 Å². The SMILES string of the molecule is CC(=O)Nc1ccc(NC(=O)CNc2cccc(S(C)(=O)=O)c2C)cc1. The lowest BCUT2D eigenvalue weighted by Crippen LogP contribution is -2.22. The Bertz CT molecular complexity index is 922. The lowest BCUT2D eigenvalue weighted by Gasteiger charge is -2.12. The van der Waals surface area contributed by atoms with Crippen LogP contribution < -0.4 is 16.0 Å². The molecule has 7 nitrogen and oxygen atoms in total. The predicted molar refractivity (Wildman–Crippen MR) is 102 cm³/mol. The van der Waals surface area contributed by atoms with Gasteiger partial charge in [0.1, 0.15) is 0 Å². The van der Waals surface area contributed by atoms with E-state index >= 15 is 0 Å². The fourth-order valence-corrected chi connectivity index (χ4v) is 3.42. The molecule has 0 aromatic heterocycles. The van der Waals surface area contributed by atoms with E-state index in [0.29, 0.717) is 22.6 Å². The Kier molecular flexibility index (Phi) is 5.99.